The molecular formula is C8H17N3O4S. The lowest BCUT2D eigenvalue weighted by atomic mass is 10.1. The number of hydrogen-bond donors (Lipinski definition) is 2. The van der Waals surface area contributed by atoms with Gasteiger partial charge in [0.15, 0.2) is 0 Å². The molecule has 1 heterocycles. The van der Waals surface area contributed by atoms with Crippen LogP contribution in [0.15, 0.2) is 0 Å². The van der Waals surface area contributed by atoms with Gasteiger partial charge in [-0.25, -0.2) is 4.79 Å². The molecule has 16 heavy (non-hydrogen) atoms. The van der Waals surface area contributed by atoms with Crippen molar-refractivity contribution in [1.29, 1.82) is 0 Å². The highest BCUT2D eigenvalue weighted by Crippen LogP contribution is 2.15. The molecule has 1 amide bonds. The van der Waals surface area contributed by atoms with E-state index in [1.165, 1.54) is 18.4 Å². The van der Waals surface area contributed by atoms with Crippen LogP contribution in [-0.2, 0) is 10.2 Å². The van der Waals surface area contributed by atoms with Gasteiger partial charge >= 0.3 is 6.09 Å². The number of carbonyl (C=O) groups is 1. The minimum atomic E-state index is -3.43. The molecule has 1 saturated heterocycles. The molecule has 2 N–H and O–H groups in total. The maximum atomic E-state index is 11.8. The van der Waals surface area contributed by atoms with Crippen molar-refractivity contribution in [3.63, 3.8) is 0 Å². The maximum absolute atomic E-state index is 11.8. The maximum Gasteiger partial charge on any atom is 0.404 e. The third-order valence-electron chi connectivity index (χ3n) is 2.50. The molecular weight excluding hydrogens is 234 g/mol. The normalized spacial score (nSPS) is 23.3. The summed E-state index contributed by atoms with van der Waals surface area (Å²) in [6, 6.07) is -0.319. The van der Waals surface area contributed by atoms with Crippen LogP contribution < -0.4 is 5.32 Å². The van der Waals surface area contributed by atoms with Crippen LogP contribution in [0.2, 0.25) is 0 Å². The Morgan fingerprint density at radius 1 is 1.50 bits per heavy atom. The van der Waals surface area contributed by atoms with Gasteiger partial charge in [0, 0.05) is 33.2 Å². The Kier molecular flexibility index (Phi) is 4.11. The van der Waals surface area contributed by atoms with Crippen molar-refractivity contribution in [2.24, 2.45) is 0 Å². The van der Waals surface area contributed by atoms with E-state index in [0.29, 0.717) is 19.4 Å². The summed E-state index contributed by atoms with van der Waals surface area (Å²) >= 11 is 0. The summed E-state index contributed by atoms with van der Waals surface area (Å²) in [7, 11) is -0.511. The Labute approximate surface area is 95.2 Å². The van der Waals surface area contributed by atoms with Gasteiger partial charge in [-0.1, -0.05) is 0 Å². The molecule has 7 nitrogen and oxygen atoms in total. The summed E-state index contributed by atoms with van der Waals surface area (Å²) in [6.45, 7) is 0.644. The fourth-order valence-corrected chi connectivity index (χ4v) is 2.87. The molecule has 1 rings (SSSR count). The molecule has 0 radical (unpaired) electrons. The first-order valence-electron chi connectivity index (χ1n) is 5.01. The first kappa shape index (κ1) is 13.2. The lowest BCUT2D eigenvalue weighted by Crippen LogP contribution is -2.51. The molecule has 94 valence electrons. The molecule has 8 heteroatoms. The number of rotatable bonds is 3. The summed E-state index contributed by atoms with van der Waals surface area (Å²) in [5, 5.41) is 10.9. The molecule has 0 aliphatic carbocycles. The van der Waals surface area contributed by atoms with Crippen molar-refractivity contribution in [3.8, 4) is 0 Å². The number of amides is 1. The number of piperidine rings is 1. The zero-order valence-electron chi connectivity index (χ0n) is 9.38. The van der Waals surface area contributed by atoms with Crippen molar-refractivity contribution in [3.05, 3.63) is 0 Å². The molecule has 1 aliphatic heterocycles. The highest BCUT2D eigenvalue weighted by atomic mass is 32.2. The lowest BCUT2D eigenvalue weighted by Gasteiger charge is -2.33. The van der Waals surface area contributed by atoms with E-state index in [-0.39, 0.29) is 12.6 Å². The lowest BCUT2D eigenvalue weighted by molar-refractivity contribution is 0.181. The van der Waals surface area contributed by atoms with Crippen LogP contribution in [0.1, 0.15) is 12.8 Å². The molecule has 0 aromatic heterocycles. The Hall–Kier alpha value is -0.860. The molecule has 1 unspecified atom stereocenters. The predicted octanol–water partition coefficient (Wildman–Crippen LogP) is -0.475. The van der Waals surface area contributed by atoms with Crippen molar-refractivity contribution in [2.75, 3.05) is 27.2 Å². The zero-order valence-corrected chi connectivity index (χ0v) is 10.2. The highest BCUT2D eigenvalue weighted by molar-refractivity contribution is 7.86. The minimum Gasteiger partial charge on any atom is -0.465 e. The summed E-state index contributed by atoms with van der Waals surface area (Å²) in [6.07, 6.45) is 0.220. The van der Waals surface area contributed by atoms with Gasteiger partial charge in [0.25, 0.3) is 10.2 Å². The zero-order chi connectivity index (χ0) is 12.3. The molecule has 1 fully saturated rings. The Morgan fingerprint density at radius 3 is 2.62 bits per heavy atom. The first-order valence-corrected chi connectivity index (χ1v) is 6.41. The van der Waals surface area contributed by atoms with Crippen LogP contribution in [0.5, 0.6) is 0 Å². The smallest absolute Gasteiger partial charge is 0.404 e. The number of nitrogens with one attached hydrogen (secondary N) is 1. The van der Waals surface area contributed by atoms with E-state index in [2.05, 4.69) is 5.32 Å². The van der Waals surface area contributed by atoms with Gasteiger partial charge in [-0.2, -0.15) is 17.0 Å². The first-order chi connectivity index (χ1) is 7.34. The van der Waals surface area contributed by atoms with Crippen LogP contribution >= 0.6 is 0 Å². The average Bonchev–Trinajstić information content (AvgIpc) is 2.16. The van der Waals surface area contributed by atoms with E-state index in [1.807, 2.05) is 0 Å². The molecule has 0 aromatic carbocycles. The summed E-state index contributed by atoms with van der Waals surface area (Å²) in [4.78, 5) is 10.5. The number of nitrogens with zero attached hydrogens (tertiary/aromatic N) is 2. The summed E-state index contributed by atoms with van der Waals surface area (Å²) in [5.74, 6) is 0. The van der Waals surface area contributed by atoms with Crippen LogP contribution in [0, 0.1) is 0 Å². The Bertz CT molecular complexity index is 354. The third kappa shape index (κ3) is 3.06. The second-order valence-electron chi connectivity index (χ2n) is 3.94. The standard InChI is InChI=1S/C8H17N3O4S/c1-10(2)16(14,15)11-5-3-4-7(6-11)9-8(12)13/h7,9H,3-6H2,1-2H3,(H,12,13). The van der Waals surface area contributed by atoms with Gasteiger partial charge in [-0.15, -0.1) is 0 Å². The summed E-state index contributed by atoms with van der Waals surface area (Å²) in [5.41, 5.74) is 0. The fourth-order valence-electron chi connectivity index (χ4n) is 1.68. The largest absolute Gasteiger partial charge is 0.465 e. The average molecular weight is 251 g/mol. The van der Waals surface area contributed by atoms with Crippen molar-refractivity contribution >= 4 is 16.3 Å². The van der Waals surface area contributed by atoms with Gasteiger partial charge in [-0.05, 0) is 12.8 Å². The van der Waals surface area contributed by atoms with Crippen LogP contribution in [0.3, 0.4) is 0 Å². The third-order valence-corrected chi connectivity index (χ3v) is 4.41. The van der Waals surface area contributed by atoms with Gasteiger partial charge in [0.05, 0.1) is 0 Å². The van der Waals surface area contributed by atoms with Gasteiger partial charge in [0.2, 0.25) is 0 Å². The van der Waals surface area contributed by atoms with E-state index < -0.39 is 16.3 Å². The van der Waals surface area contributed by atoms with E-state index >= 15 is 0 Å². The van der Waals surface area contributed by atoms with Crippen LogP contribution in [0.25, 0.3) is 0 Å². The molecule has 0 saturated carbocycles. The molecule has 1 aliphatic rings. The molecule has 0 aromatic rings. The van der Waals surface area contributed by atoms with Gasteiger partial charge < -0.3 is 10.4 Å². The van der Waals surface area contributed by atoms with Gasteiger partial charge in [0.1, 0.15) is 0 Å². The number of carboxylic acid groups (broad SMARTS) is 1. The van der Waals surface area contributed by atoms with E-state index in [4.69, 9.17) is 5.11 Å². The second-order valence-corrected chi connectivity index (χ2v) is 6.08. The van der Waals surface area contributed by atoms with Crippen molar-refractivity contribution < 1.29 is 18.3 Å². The molecule has 0 bridgehead atoms. The SMILES string of the molecule is CN(C)S(=O)(=O)N1CCCC(NC(=O)O)C1. The van der Waals surface area contributed by atoms with E-state index in [0.717, 1.165) is 4.31 Å². The monoisotopic (exact) mass is 251 g/mol. The quantitative estimate of drug-likeness (QED) is 0.709. The topological polar surface area (TPSA) is 90.0 Å². The van der Waals surface area contributed by atoms with Crippen LogP contribution in [0.4, 0.5) is 4.79 Å². The number of hydrogen-bond acceptors (Lipinski definition) is 3. The van der Waals surface area contributed by atoms with Crippen molar-refractivity contribution in [1.82, 2.24) is 13.9 Å². The minimum absolute atomic E-state index is 0.201. The molecule has 1 atom stereocenters. The Morgan fingerprint density at radius 2 is 2.12 bits per heavy atom. The van der Waals surface area contributed by atoms with Crippen LogP contribution in [-0.4, -0.2) is 61.5 Å². The van der Waals surface area contributed by atoms with E-state index in [1.54, 1.807) is 0 Å². The van der Waals surface area contributed by atoms with E-state index in [9.17, 15) is 13.2 Å². The summed E-state index contributed by atoms with van der Waals surface area (Å²) < 4.78 is 26.0. The van der Waals surface area contributed by atoms with Gasteiger partial charge in [-0.3, -0.25) is 0 Å². The van der Waals surface area contributed by atoms with Crippen molar-refractivity contribution in [2.45, 2.75) is 18.9 Å². The predicted molar refractivity (Wildman–Crippen MR) is 58.4 cm³/mol. The molecule has 0 spiro atoms. The highest BCUT2D eigenvalue weighted by Gasteiger charge is 2.30. The Balaban J connectivity index is 2.67. The second kappa shape index (κ2) is 4.98. The fraction of sp³-hybridized carbons (Fsp3) is 0.875.